The summed E-state index contributed by atoms with van der Waals surface area (Å²) in [5.74, 6) is 2.43. The van der Waals surface area contributed by atoms with E-state index in [1.54, 1.807) is 12.1 Å². The molecule has 3 atom stereocenters. The molecule has 2 aromatic carbocycles. The lowest BCUT2D eigenvalue weighted by atomic mass is 9.79. The Morgan fingerprint density at radius 3 is 2.59 bits per heavy atom. The average Bonchev–Trinajstić information content (AvgIpc) is 2.99. The lowest BCUT2D eigenvalue weighted by Crippen LogP contribution is -2.26. The van der Waals surface area contributed by atoms with E-state index in [1.165, 1.54) is 6.42 Å². The van der Waals surface area contributed by atoms with E-state index in [1.807, 2.05) is 31.2 Å². The van der Waals surface area contributed by atoms with Crippen LogP contribution in [0.4, 0.5) is 0 Å². The van der Waals surface area contributed by atoms with Crippen LogP contribution in [0.15, 0.2) is 36.4 Å². The van der Waals surface area contributed by atoms with E-state index < -0.39 is 0 Å². The van der Waals surface area contributed by atoms with Gasteiger partial charge in [0, 0.05) is 11.5 Å². The number of hydrogen-bond acceptors (Lipinski definition) is 3. The van der Waals surface area contributed by atoms with Gasteiger partial charge in [-0.25, -0.2) is 0 Å². The van der Waals surface area contributed by atoms with Crippen LogP contribution in [0.1, 0.15) is 48.0 Å². The van der Waals surface area contributed by atoms with Crippen LogP contribution >= 0.6 is 0 Å². The maximum absolute atomic E-state index is 10.0. The van der Waals surface area contributed by atoms with Gasteiger partial charge in [-0.1, -0.05) is 18.6 Å². The second kappa shape index (κ2) is 4.94. The Kier molecular flexibility index (Phi) is 3.03. The van der Waals surface area contributed by atoms with E-state index in [-0.39, 0.29) is 11.9 Å². The first kappa shape index (κ1) is 13.5. The van der Waals surface area contributed by atoms with Gasteiger partial charge in [0.15, 0.2) is 0 Å². The summed E-state index contributed by atoms with van der Waals surface area (Å²) in [4.78, 5) is 0. The zero-order chi connectivity index (χ0) is 15.3. The lowest BCUT2D eigenvalue weighted by molar-refractivity contribution is 0.104. The molecule has 0 bridgehead atoms. The van der Waals surface area contributed by atoms with Gasteiger partial charge in [0.1, 0.15) is 23.4 Å². The zero-order valence-corrected chi connectivity index (χ0v) is 12.6. The molecule has 0 radical (unpaired) electrons. The topological polar surface area (TPSA) is 49.7 Å². The van der Waals surface area contributed by atoms with E-state index in [9.17, 15) is 10.2 Å². The molecule has 1 saturated carbocycles. The van der Waals surface area contributed by atoms with Crippen LogP contribution in [0.5, 0.6) is 17.2 Å². The fraction of sp³-hybridized carbons (Fsp3) is 0.368. The minimum absolute atomic E-state index is 0.0320. The maximum Gasteiger partial charge on any atom is 0.127 e. The molecule has 1 aliphatic carbocycles. The summed E-state index contributed by atoms with van der Waals surface area (Å²) in [6, 6.07) is 11.2. The SMILES string of the molecule is Cc1cc2c(cc1O)[C@H]1CCC[C@H]1[C@H](c1ccc(O)cc1)O2. The van der Waals surface area contributed by atoms with E-state index >= 15 is 0 Å². The second-order valence-corrected chi connectivity index (χ2v) is 6.51. The van der Waals surface area contributed by atoms with Gasteiger partial charge in [-0.3, -0.25) is 0 Å². The Hall–Kier alpha value is -2.16. The molecule has 3 heteroatoms. The first-order valence-corrected chi connectivity index (χ1v) is 7.92. The quantitative estimate of drug-likeness (QED) is 0.818. The zero-order valence-electron chi connectivity index (χ0n) is 12.6. The highest BCUT2D eigenvalue weighted by Gasteiger charge is 2.42. The van der Waals surface area contributed by atoms with Crippen molar-refractivity contribution in [1.29, 1.82) is 0 Å². The Morgan fingerprint density at radius 2 is 1.82 bits per heavy atom. The summed E-state index contributed by atoms with van der Waals surface area (Å²) in [6.45, 7) is 1.90. The van der Waals surface area contributed by atoms with Crippen LogP contribution in [-0.4, -0.2) is 10.2 Å². The minimum atomic E-state index is 0.0320. The summed E-state index contributed by atoms with van der Waals surface area (Å²) in [5.41, 5.74) is 3.12. The Labute approximate surface area is 130 Å². The first-order chi connectivity index (χ1) is 10.6. The van der Waals surface area contributed by atoms with Gasteiger partial charge in [-0.05, 0) is 61.1 Å². The lowest BCUT2D eigenvalue weighted by Gasteiger charge is -2.36. The summed E-state index contributed by atoms with van der Waals surface area (Å²) >= 11 is 0. The molecule has 114 valence electrons. The second-order valence-electron chi connectivity index (χ2n) is 6.51. The number of phenolic OH excluding ortho intramolecular Hbond substituents is 2. The molecule has 22 heavy (non-hydrogen) atoms. The largest absolute Gasteiger partial charge is 0.508 e. The van der Waals surface area contributed by atoms with Crippen LogP contribution < -0.4 is 4.74 Å². The molecule has 0 saturated heterocycles. The Balaban J connectivity index is 1.79. The molecule has 0 amide bonds. The summed E-state index contributed by atoms with van der Waals surface area (Å²) in [5, 5.41) is 19.5. The first-order valence-electron chi connectivity index (χ1n) is 7.92. The Morgan fingerprint density at radius 1 is 1.05 bits per heavy atom. The normalized spacial score (nSPS) is 26.1. The predicted molar refractivity (Wildman–Crippen MR) is 84.4 cm³/mol. The molecule has 4 rings (SSSR count). The van der Waals surface area contributed by atoms with Crippen molar-refractivity contribution in [1.82, 2.24) is 0 Å². The van der Waals surface area contributed by atoms with E-state index in [2.05, 4.69) is 0 Å². The monoisotopic (exact) mass is 296 g/mol. The number of phenols is 2. The average molecular weight is 296 g/mol. The molecular formula is C19H20O3. The van der Waals surface area contributed by atoms with Gasteiger partial charge in [0.25, 0.3) is 0 Å². The molecule has 2 aliphatic rings. The van der Waals surface area contributed by atoms with Gasteiger partial charge in [0.05, 0.1) is 0 Å². The molecule has 0 aromatic heterocycles. The molecule has 2 aromatic rings. The van der Waals surface area contributed by atoms with Crippen molar-refractivity contribution in [3.05, 3.63) is 53.1 Å². The predicted octanol–water partition coefficient (Wildman–Crippen LogP) is 4.42. The van der Waals surface area contributed by atoms with E-state index in [0.717, 1.165) is 35.3 Å². The van der Waals surface area contributed by atoms with E-state index in [4.69, 9.17) is 4.74 Å². The third-order valence-electron chi connectivity index (χ3n) is 5.16. The molecular weight excluding hydrogens is 276 g/mol. The van der Waals surface area contributed by atoms with Crippen molar-refractivity contribution in [3.63, 3.8) is 0 Å². The van der Waals surface area contributed by atoms with Gasteiger partial charge >= 0.3 is 0 Å². The molecule has 1 aliphatic heterocycles. The van der Waals surface area contributed by atoms with Crippen molar-refractivity contribution in [2.75, 3.05) is 0 Å². The van der Waals surface area contributed by atoms with Crippen LogP contribution in [-0.2, 0) is 0 Å². The van der Waals surface area contributed by atoms with E-state index in [0.29, 0.717) is 17.6 Å². The fourth-order valence-electron chi connectivity index (χ4n) is 4.02. The number of benzene rings is 2. The molecule has 3 nitrogen and oxygen atoms in total. The summed E-state index contributed by atoms with van der Waals surface area (Å²) in [6.07, 6.45) is 3.52. The molecule has 0 spiro atoms. The van der Waals surface area contributed by atoms with Crippen molar-refractivity contribution < 1.29 is 14.9 Å². The Bertz CT molecular complexity index is 705. The van der Waals surface area contributed by atoms with Crippen molar-refractivity contribution >= 4 is 0 Å². The van der Waals surface area contributed by atoms with Gasteiger partial charge in [-0.15, -0.1) is 0 Å². The highest BCUT2D eigenvalue weighted by atomic mass is 16.5. The molecule has 1 fully saturated rings. The van der Waals surface area contributed by atoms with Crippen molar-refractivity contribution in [2.24, 2.45) is 5.92 Å². The molecule has 2 N–H and O–H groups in total. The third-order valence-corrected chi connectivity index (χ3v) is 5.16. The number of fused-ring (bicyclic) bond motifs is 3. The smallest absolute Gasteiger partial charge is 0.127 e. The number of aryl methyl sites for hydroxylation is 1. The number of rotatable bonds is 1. The highest BCUT2D eigenvalue weighted by molar-refractivity contribution is 5.49. The minimum Gasteiger partial charge on any atom is -0.508 e. The summed E-state index contributed by atoms with van der Waals surface area (Å²) in [7, 11) is 0. The van der Waals surface area contributed by atoms with Gasteiger partial charge in [-0.2, -0.15) is 0 Å². The van der Waals surface area contributed by atoms with Gasteiger partial charge < -0.3 is 14.9 Å². The third kappa shape index (κ3) is 2.04. The molecule has 0 unspecified atom stereocenters. The molecule has 1 heterocycles. The van der Waals surface area contributed by atoms with Crippen LogP contribution in [0, 0.1) is 12.8 Å². The highest BCUT2D eigenvalue weighted by Crippen LogP contribution is 2.54. The van der Waals surface area contributed by atoms with Crippen LogP contribution in [0.25, 0.3) is 0 Å². The standard InChI is InChI=1S/C19H20O3/c1-11-9-18-16(10-17(11)21)14-3-2-4-15(14)19(22-18)12-5-7-13(20)8-6-12/h5-10,14-15,19-21H,2-4H2,1H3/t14-,15+,19-/m0/s1. The van der Waals surface area contributed by atoms with Gasteiger partial charge in [0.2, 0.25) is 0 Å². The fourth-order valence-corrected chi connectivity index (χ4v) is 4.02. The summed E-state index contributed by atoms with van der Waals surface area (Å²) < 4.78 is 6.31. The van der Waals surface area contributed by atoms with Crippen LogP contribution in [0.2, 0.25) is 0 Å². The number of ether oxygens (including phenoxy) is 1. The van der Waals surface area contributed by atoms with Crippen molar-refractivity contribution in [2.45, 2.75) is 38.2 Å². The number of hydrogen-bond donors (Lipinski definition) is 2. The van der Waals surface area contributed by atoms with Crippen LogP contribution in [0.3, 0.4) is 0 Å². The number of aromatic hydroxyl groups is 2. The van der Waals surface area contributed by atoms with Crippen molar-refractivity contribution in [3.8, 4) is 17.2 Å². The maximum atomic E-state index is 10.0.